The molecule has 1 N–H and O–H groups in total. The molecule has 88 valence electrons. The molecule has 16 heavy (non-hydrogen) atoms. The first-order valence-corrected chi connectivity index (χ1v) is 5.84. The molecule has 4 heteroatoms. The van der Waals surface area contributed by atoms with Gasteiger partial charge in [-0.1, -0.05) is 11.6 Å². The predicted octanol–water partition coefficient (Wildman–Crippen LogP) is 3.51. The Bertz CT molecular complexity index is 418. The highest BCUT2D eigenvalue weighted by Crippen LogP contribution is 2.38. The van der Waals surface area contributed by atoms with Gasteiger partial charge in [0.1, 0.15) is 5.82 Å². The second-order valence-electron chi connectivity index (χ2n) is 4.69. The van der Waals surface area contributed by atoms with Gasteiger partial charge in [-0.05, 0) is 26.8 Å². The SMILES string of the molecule is CCN1c2cc(F)c(Cl)cc2NCC1(C)C. The molecule has 0 aliphatic carbocycles. The molecule has 1 aliphatic heterocycles. The molecule has 0 saturated carbocycles. The third-order valence-corrected chi connectivity index (χ3v) is 3.38. The zero-order valence-electron chi connectivity index (χ0n) is 9.77. The largest absolute Gasteiger partial charge is 0.381 e. The molecular weight excluding hydrogens is 227 g/mol. The van der Waals surface area contributed by atoms with Gasteiger partial charge >= 0.3 is 0 Å². The molecule has 0 spiro atoms. The quantitative estimate of drug-likeness (QED) is 0.811. The van der Waals surface area contributed by atoms with Crippen LogP contribution in [0.5, 0.6) is 0 Å². The van der Waals surface area contributed by atoms with Crippen LogP contribution in [0.1, 0.15) is 20.8 Å². The molecule has 0 atom stereocenters. The van der Waals surface area contributed by atoms with Crippen molar-refractivity contribution < 1.29 is 4.39 Å². The molecule has 1 aromatic carbocycles. The van der Waals surface area contributed by atoms with Crippen LogP contribution >= 0.6 is 11.6 Å². The number of rotatable bonds is 1. The monoisotopic (exact) mass is 242 g/mol. The Morgan fingerprint density at radius 1 is 1.50 bits per heavy atom. The van der Waals surface area contributed by atoms with Crippen molar-refractivity contribution in [3.63, 3.8) is 0 Å². The minimum Gasteiger partial charge on any atom is -0.381 e. The summed E-state index contributed by atoms with van der Waals surface area (Å²) in [5.41, 5.74) is 1.79. The molecule has 1 aromatic rings. The van der Waals surface area contributed by atoms with Gasteiger partial charge in [-0.25, -0.2) is 4.39 Å². The first-order valence-electron chi connectivity index (χ1n) is 5.46. The normalized spacial score (nSPS) is 17.9. The molecule has 0 unspecified atom stereocenters. The Kier molecular flexibility index (Phi) is 2.74. The summed E-state index contributed by atoms with van der Waals surface area (Å²) >= 11 is 5.77. The van der Waals surface area contributed by atoms with E-state index in [9.17, 15) is 4.39 Å². The Labute approximate surface area is 100 Å². The third-order valence-electron chi connectivity index (χ3n) is 3.09. The van der Waals surface area contributed by atoms with Crippen molar-refractivity contribution in [2.75, 3.05) is 23.3 Å². The molecule has 0 radical (unpaired) electrons. The summed E-state index contributed by atoms with van der Waals surface area (Å²) in [6, 6.07) is 3.17. The maximum absolute atomic E-state index is 13.5. The first kappa shape index (κ1) is 11.5. The minimum absolute atomic E-state index is 0.0119. The fraction of sp³-hybridized carbons (Fsp3) is 0.500. The van der Waals surface area contributed by atoms with Crippen LogP contribution in [0, 0.1) is 5.82 Å². The van der Waals surface area contributed by atoms with Crippen molar-refractivity contribution in [2.24, 2.45) is 0 Å². The topological polar surface area (TPSA) is 15.3 Å². The summed E-state index contributed by atoms with van der Waals surface area (Å²) < 4.78 is 13.5. The highest BCUT2D eigenvalue weighted by Gasteiger charge is 2.32. The van der Waals surface area contributed by atoms with E-state index >= 15 is 0 Å². The van der Waals surface area contributed by atoms with E-state index < -0.39 is 0 Å². The molecule has 0 bridgehead atoms. The zero-order chi connectivity index (χ0) is 11.9. The van der Waals surface area contributed by atoms with Crippen LogP contribution in [0.3, 0.4) is 0 Å². The van der Waals surface area contributed by atoms with E-state index in [1.54, 1.807) is 6.07 Å². The molecule has 1 heterocycles. The Hall–Kier alpha value is -0.960. The average Bonchev–Trinajstić information content (AvgIpc) is 2.20. The van der Waals surface area contributed by atoms with E-state index in [1.807, 2.05) is 0 Å². The smallest absolute Gasteiger partial charge is 0.144 e. The minimum atomic E-state index is -0.363. The lowest BCUT2D eigenvalue weighted by Crippen LogP contribution is -2.52. The van der Waals surface area contributed by atoms with Crippen LogP contribution in [-0.4, -0.2) is 18.6 Å². The van der Waals surface area contributed by atoms with Crippen LogP contribution in [0.15, 0.2) is 12.1 Å². The second kappa shape index (κ2) is 3.81. The second-order valence-corrected chi connectivity index (χ2v) is 5.10. The van der Waals surface area contributed by atoms with Crippen molar-refractivity contribution in [3.05, 3.63) is 23.0 Å². The lowest BCUT2D eigenvalue weighted by atomic mass is 9.97. The lowest BCUT2D eigenvalue weighted by Gasteiger charge is -2.45. The summed E-state index contributed by atoms with van der Waals surface area (Å²) in [5, 5.41) is 3.46. The van der Waals surface area contributed by atoms with Crippen molar-refractivity contribution in [2.45, 2.75) is 26.3 Å². The van der Waals surface area contributed by atoms with E-state index in [0.717, 1.165) is 24.5 Å². The van der Waals surface area contributed by atoms with Gasteiger partial charge in [-0.15, -0.1) is 0 Å². The Balaban J connectivity index is 2.53. The zero-order valence-corrected chi connectivity index (χ0v) is 10.5. The summed E-state index contributed by atoms with van der Waals surface area (Å²) in [5.74, 6) is -0.363. The van der Waals surface area contributed by atoms with Gasteiger partial charge in [0.2, 0.25) is 0 Å². The van der Waals surface area contributed by atoms with Crippen LogP contribution in [0.25, 0.3) is 0 Å². The molecule has 0 saturated heterocycles. The maximum atomic E-state index is 13.5. The first-order chi connectivity index (χ1) is 7.45. The summed E-state index contributed by atoms with van der Waals surface area (Å²) in [6.07, 6.45) is 0. The number of halogens is 2. The fourth-order valence-electron chi connectivity index (χ4n) is 2.23. The van der Waals surface area contributed by atoms with Crippen molar-refractivity contribution in [3.8, 4) is 0 Å². The van der Waals surface area contributed by atoms with E-state index in [0.29, 0.717) is 0 Å². The van der Waals surface area contributed by atoms with E-state index in [1.165, 1.54) is 6.07 Å². The van der Waals surface area contributed by atoms with Crippen LogP contribution in [0.4, 0.5) is 15.8 Å². The molecule has 2 nitrogen and oxygen atoms in total. The van der Waals surface area contributed by atoms with Gasteiger partial charge in [-0.2, -0.15) is 0 Å². The number of anilines is 2. The van der Waals surface area contributed by atoms with E-state index in [2.05, 4.69) is 31.0 Å². The molecule has 0 aromatic heterocycles. The van der Waals surface area contributed by atoms with Gasteiger partial charge in [0.15, 0.2) is 0 Å². The molecular formula is C12H16ClFN2. The standard InChI is InChI=1S/C12H16ClFN2/c1-4-16-11-6-9(14)8(13)5-10(11)15-7-12(16,2)3/h5-6,15H,4,7H2,1-3H3. The number of nitrogens with zero attached hydrogens (tertiary/aromatic N) is 1. The number of benzene rings is 1. The van der Waals surface area contributed by atoms with E-state index in [-0.39, 0.29) is 16.4 Å². The number of likely N-dealkylation sites (N-methyl/N-ethyl adjacent to an activating group) is 1. The lowest BCUT2D eigenvalue weighted by molar-refractivity contribution is 0.479. The predicted molar refractivity (Wildman–Crippen MR) is 67.0 cm³/mol. The van der Waals surface area contributed by atoms with Crippen LogP contribution in [0.2, 0.25) is 5.02 Å². The van der Waals surface area contributed by atoms with Gasteiger partial charge in [0, 0.05) is 19.2 Å². The van der Waals surface area contributed by atoms with Crippen molar-refractivity contribution >= 4 is 23.0 Å². The molecule has 0 fully saturated rings. The highest BCUT2D eigenvalue weighted by molar-refractivity contribution is 6.31. The average molecular weight is 243 g/mol. The highest BCUT2D eigenvalue weighted by atomic mass is 35.5. The number of fused-ring (bicyclic) bond motifs is 1. The van der Waals surface area contributed by atoms with E-state index in [4.69, 9.17) is 11.6 Å². The van der Waals surface area contributed by atoms with Gasteiger partial charge in [0.25, 0.3) is 0 Å². The maximum Gasteiger partial charge on any atom is 0.144 e. The van der Waals surface area contributed by atoms with Gasteiger partial charge < -0.3 is 10.2 Å². The van der Waals surface area contributed by atoms with Crippen molar-refractivity contribution in [1.82, 2.24) is 0 Å². The Morgan fingerprint density at radius 2 is 2.19 bits per heavy atom. The van der Waals surface area contributed by atoms with Crippen molar-refractivity contribution in [1.29, 1.82) is 0 Å². The molecule has 1 aliphatic rings. The Morgan fingerprint density at radius 3 is 2.81 bits per heavy atom. The third kappa shape index (κ3) is 1.73. The molecule has 0 amide bonds. The molecule has 2 rings (SSSR count). The number of hydrogen-bond donors (Lipinski definition) is 1. The number of nitrogens with one attached hydrogen (secondary N) is 1. The van der Waals surface area contributed by atoms with Gasteiger partial charge in [-0.3, -0.25) is 0 Å². The summed E-state index contributed by atoms with van der Waals surface area (Å²) in [4.78, 5) is 2.19. The fourth-order valence-corrected chi connectivity index (χ4v) is 2.40. The summed E-state index contributed by atoms with van der Waals surface area (Å²) in [6.45, 7) is 8.03. The van der Waals surface area contributed by atoms with Crippen LogP contribution in [-0.2, 0) is 0 Å². The summed E-state index contributed by atoms with van der Waals surface area (Å²) in [7, 11) is 0. The van der Waals surface area contributed by atoms with Crippen LogP contribution < -0.4 is 10.2 Å². The number of hydrogen-bond acceptors (Lipinski definition) is 2. The van der Waals surface area contributed by atoms with Gasteiger partial charge in [0.05, 0.1) is 21.9 Å².